The molecule has 0 atom stereocenters. The van der Waals surface area contributed by atoms with E-state index >= 15 is 0 Å². The molecule has 24 heavy (non-hydrogen) atoms. The Kier molecular flexibility index (Phi) is 4.72. The molecule has 3 aromatic heterocycles. The van der Waals surface area contributed by atoms with E-state index in [0.29, 0.717) is 24.5 Å². The van der Waals surface area contributed by atoms with Gasteiger partial charge < -0.3 is 9.32 Å². The first-order valence-electron chi connectivity index (χ1n) is 7.30. The number of hydrogen-bond donors (Lipinski definition) is 0. The van der Waals surface area contributed by atoms with Crippen molar-refractivity contribution >= 4 is 17.2 Å². The predicted octanol–water partition coefficient (Wildman–Crippen LogP) is 2.69. The fourth-order valence-corrected chi connectivity index (χ4v) is 3.00. The molecule has 1 amide bonds. The quantitative estimate of drug-likeness (QED) is 0.688. The van der Waals surface area contributed by atoms with Crippen molar-refractivity contribution in [1.82, 2.24) is 19.7 Å². The number of aryl methyl sites for hydroxylation is 1. The van der Waals surface area contributed by atoms with Crippen LogP contribution in [0.2, 0.25) is 0 Å². The average Bonchev–Trinajstić information content (AvgIpc) is 3.31. The summed E-state index contributed by atoms with van der Waals surface area (Å²) >= 11 is 1.39. The first-order valence-corrected chi connectivity index (χ1v) is 8.18. The van der Waals surface area contributed by atoms with Crippen LogP contribution in [0.25, 0.3) is 10.6 Å². The zero-order valence-corrected chi connectivity index (χ0v) is 13.9. The van der Waals surface area contributed by atoms with E-state index in [-0.39, 0.29) is 12.3 Å². The fourth-order valence-electron chi connectivity index (χ4n) is 2.23. The smallest absolute Gasteiger partial charge is 0.273 e. The lowest BCUT2D eigenvalue weighted by Gasteiger charge is -2.19. The molecule has 0 aliphatic rings. The Morgan fingerprint density at radius 1 is 1.54 bits per heavy atom. The fraction of sp³-hybridized carbons (Fsp3) is 0.250. The number of thiazole rings is 1. The van der Waals surface area contributed by atoms with Crippen LogP contribution in [0.1, 0.15) is 22.7 Å². The molecule has 0 unspecified atom stereocenters. The van der Waals surface area contributed by atoms with Gasteiger partial charge >= 0.3 is 0 Å². The third kappa shape index (κ3) is 3.52. The van der Waals surface area contributed by atoms with Gasteiger partial charge in [-0.3, -0.25) is 9.48 Å². The molecule has 122 valence electrons. The second kappa shape index (κ2) is 7.10. The van der Waals surface area contributed by atoms with E-state index in [2.05, 4.69) is 16.2 Å². The lowest BCUT2D eigenvalue weighted by atomic mass is 10.3. The van der Waals surface area contributed by atoms with Crippen LogP contribution in [0, 0.1) is 11.3 Å². The molecule has 0 spiro atoms. The molecule has 3 aromatic rings. The molecule has 3 heterocycles. The summed E-state index contributed by atoms with van der Waals surface area (Å²) in [4.78, 5) is 18.7. The molecular weight excluding hydrogens is 326 g/mol. The highest BCUT2D eigenvalue weighted by atomic mass is 32.1. The number of furan rings is 1. The summed E-state index contributed by atoms with van der Waals surface area (Å²) in [5.41, 5.74) is 1.24. The molecule has 0 radical (unpaired) electrons. The van der Waals surface area contributed by atoms with Crippen molar-refractivity contribution in [1.29, 1.82) is 5.26 Å². The van der Waals surface area contributed by atoms with Gasteiger partial charge in [0.2, 0.25) is 0 Å². The van der Waals surface area contributed by atoms with Gasteiger partial charge in [-0.2, -0.15) is 10.4 Å². The topological polar surface area (TPSA) is 88.0 Å². The lowest BCUT2D eigenvalue weighted by molar-refractivity contribution is 0.0730. The summed E-state index contributed by atoms with van der Waals surface area (Å²) in [7, 11) is 1.83. The lowest BCUT2D eigenvalue weighted by Crippen LogP contribution is -2.31. The molecule has 0 aliphatic carbocycles. The van der Waals surface area contributed by atoms with Gasteiger partial charge in [0.05, 0.1) is 31.5 Å². The number of carbonyl (C=O) groups excluding carboxylic acids is 1. The minimum atomic E-state index is -0.215. The summed E-state index contributed by atoms with van der Waals surface area (Å²) in [6, 6.07) is 5.63. The minimum Gasteiger partial charge on any atom is -0.467 e. The minimum absolute atomic E-state index is 0.215. The van der Waals surface area contributed by atoms with Gasteiger partial charge in [0.25, 0.3) is 5.91 Å². The zero-order chi connectivity index (χ0) is 16.9. The molecule has 0 N–H and O–H groups in total. The third-order valence-electron chi connectivity index (χ3n) is 3.38. The van der Waals surface area contributed by atoms with Crippen LogP contribution in [0.5, 0.6) is 0 Å². The Hall–Kier alpha value is -2.92. The molecule has 3 rings (SSSR count). The van der Waals surface area contributed by atoms with E-state index in [9.17, 15) is 4.79 Å². The van der Waals surface area contributed by atoms with Gasteiger partial charge in [-0.25, -0.2) is 4.98 Å². The standard InChI is InChI=1S/C16H15N5O2S/c1-20-9-12(8-18-20)15-19-14(11-24-15)16(22)21(6-3-5-17)10-13-4-2-7-23-13/h2,4,7-9,11H,3,6,10H2,1H3. The SMILES string of the molecule is Cn1cc(-c2nc(C(=O)N(CCC#N)Cc3ccco3)cs2)cn1. The van der Waals surface area contributed by atoms with Gasteiger partial charge in [-0.15, -0.1) is 11.3 Å². The largest absolute Gasteiger partial charge is 0.467 e. The highest BCUT2D eigenvalue weighted by Gasteiger charge is 2.20. The van der Waals surface area contributed by atoms with Crippen molar-refractivity contribution in [3.05, 3.63) is 47.6 Å². The summed E-state index contributed by atoms with van der Waals surface area (Å²) in [5.74, 6) is 0.456. The maximum atomic E-state index is 12.7. The monoisotopic (exact) mass is 341 g/mol. The molecule has 0 saturated heterocycles. The number of nitrogens with zero attached hydrogens (tertiary/aromatic N) is 5. The molecular formula is C16H15N5O2S. The van der Waals surface area contributed by atoms with E-state index in [0.717, 1.165) is 10.6 Å². The number of carbonyl (C=O) groups is 1. The summed E-state index contributed by atoms with van der Waals surface area (Å²) in [6.07, 6.45) is 5.38. The molecule has 7 nitrogen and oxygen atoms in total. The number of amides is 1. The maximum absolute atomic E-state index is 12.7. The Morgan fingerprint density at radius 2 is 2.42 bits per heavy atom. The van der Waals surface area contributed by atoms with Gasteiger partial charge in [0.1, 0.15) is 16.5 Å². The molecule has 0 aromatic carbocycles. The van der Waals surface area contributed by atoms with E-state index in [1.807, 2.05) is 13.2 Å². The van der Waals surface area contributed by atoms with Crippen LogP contribution in [-0.2, 0) is 13.6 Å². The van der Waals surface area contributed by atoms with Crippen molar-refractivity contribution in [3.8, 4) is 16.6 Å². The average molecular weight is 341 g/mol. The highest BCUT2D eigenvalue weighted by Crippen LogP contribution is 2.24. The summed E-state index contributed by atoms with van der Waals surface area (Å²) in [5, 5.41) is 15.4. The Balaban J connectivity index is 1.79. The van der Waals surface area contributed by atoms with Gasteiger partial charge in [0, 0.05) is 30.7 Å². The molecule has 0 saturated carbocycles. The predicted molar refractivity (Wildman–Crippen MR) is 88.0 cm³/mol. The van der Waals surface area contributed by atoms with Crippen molar-refractivity contribution in [3.63, 3.8) is 0 Å². The third-order valence-corrected chi connectivity index (χ3v) is 4.27. The van der Waals surface area contributed by atoms with Crippen LogP contribution in [-0.4, -0.2) is 32.1 Å². The van der Waals surface area contributed by atoms with Crippen LogP contribution in [0.4, 0.5) is 0 Å². The Labute approximate surface area is 142 Å². The zero-order valence-electron chi connectivity index (χ0n) is 13.0. The number of hydrogen-bond acceptors (Lipinski definition) is 6. The van der Waals surface area contributed by atoms with E-state index in [1.54, 1.807) is 39.6 Å². The Bertz CT molecular complexity index is 859. The van der Waals surface area contributed by atoms with Gasteiger partial charge in [-0.05, 0) is 12.1 Å². The maximum Gasteiger partial charge on any atom is 0.273 e. The highest BCUT2D eigenvalue weighted by molar-refractivity contribution is 7.13. The van der Waals surface area contributed by atoms with Crippen LogP contribution >= 0.6 is 11.3 Å². The molecule has 0 bridgehead atoms. The van der Waals surface area contributed by atoms with E-state index in [1.165, 1.54) is 11.3 Å². The molecule has 0 fully saturated rings. The van der Waals surface area contributed by atoms with Crippen LogP contribution in [0.3, 0.4) is 0 Å². The molecule has 8 heteroatoms. The first-order chi connectivity index (χ1) is 11.7. The van der Waals surface area contributed by atoms with Crippen molar-refractivity contribution in [2.24, 2.45) is 7.05 Å². The van der Waals surface area contributed by atoms with Crippen molar-refractivity contribution in [2.45, 2.75) is 13.0 Å². The van der Waals surface area contributed by atoms with Gasteiger partial charge in [-0.1, -0.05) is 0 Å². The summed E-state index contributed by atoms with van der Waals surface area (Å²) < 4.78 is 6.99. The number of rotatable bonds is 6. The van der Waals surface area contributed by atoms with Crippen molar-refractivity contribution < 1.29 is 9.21 Å². The summed E-state index contributed by atoms with van der Waals surface area (Å²) in [6.45, 7) is 0.642. The number of aromatic nitrogens is 3. The number of nitriles is 1. The second-order valence-corrected chi connectivity index (χ2v) is 6.01. The van der Waals surface area contributed by atoms with Crippen molar-refractivity contribution in [2.75, 3.05) is 6.54 Å². The van der Waals surface area contributed by atoms with E-state index in [4.69, 9.17) is 9.68 Å². The van der Waals surface area contributed by atoms with E-state index < -0.39 is 0 Å². The normalized spacial score (nSPS) is 10.5. The molecule has 0 aliphatic heterocycles. The van der Waals surface area contributed by atoms with Crippen LogP contribution < -0.4 is 0 Å². The first kappa shape index (κ1) is 16.0. The Morgan fingerprint density at radius 3 is 3.08 bits per heavy atom. The van der Waals surface area contributed by atoms with Crippen LogP contribution in [0.15, 0.2) is 40.6 Å². The second-order valence-electron chi connectivity index (χ2n) is 5.15. The van der Waals surface area contributed by atoms with Gasteiger partial charge in [0.15, 0.2) is 0 Å².